The molecular formula is C12H17NO5S. The molecule has 0 saturated heterocycles. The summed E-state index contributed by atoms with van der Waals surface area (Å²) < 4.78 is 23.7. The van der Waals surface area contributed by atoms with Crippen LogP contribution in [0.4, 0.5) is 5.69 Å². The number of aliphatic hydroxyl groups excluding tert-OH is 1. The van der Waals surface area contributed by atoms with E-state index in [1.165, 1.54) is 31.2 Å². The first kappa shape index (κ1) is 15.6. The van der Waals surface area contributed by atoms with Gasteiger partial charge in [0, 0.05) is 17.9 Å². The van der Waals surface area contributed by atoms with Crippen molar-refractivity contribution in [2.75, 3.05) is 5.75 Å². The monoisotopic (exact) mass is 287 g/mol. The normalized spacial score (nSPS) is 14.9. The van der Waals surface area contributed by atoms with Crippen molar-refractivity contribution < 1.29 is 18.4 Å². The van der Waals surface area contributed by atoms with Crippen LogP contribution in [0.25, 0.3) is 0 Å². The van der Waals surface area contributed by atoms with E-state index in [1.807, 2.05) is 0 Å². The van der Waals surface area contributed by atoms with Crippen LogP contribution < -0.4 is 0 Å². The summed E-state index contributed by atoms with van der Waals surface area (Å²) in [6, 6.07) is 5.28. The van der Waals surface area contributed by atoms with Crippen LogP contribution in [0, 0.1) is 10.1 Å². The lowest BCUT2D eigenvalue weighted by molar-refractivity contribution is -0.384. The second-order valence-corrected chi connectivity index (χ2v) is 6.70. The summed E-state index contributed by atoms with van der Waals surface area (Å²) in [5, 5.41) is 19.8. The third kappa shape index (κ3) is 3.51. The molecule has 0 unspecified atom stereocenters. The summed E-state index contributed by atoms with van der Waals surface area (Å²) in [5.74, 6) is -0.0461. The van der Waals surface area contributed by atoms with E-state index in [4.69, 9.17) is 0 Å². The van der Waals surface area contributed by atoms with Gasteiger partial charge in [0.05, 0.1) is 16.3 Å². The van der Waals surface area contributed by atoms with Crippen molar-refractivity contribution in [2.45, 2.75) is 31.6 Å². The van der Waals surface area contributed by atoms with E-state index in [9.17, 15) is 23.6 Å². The van der Waals surface area contributed by atoms with Crippen LogP contribution >= 0.6 is 0 Å². The van der Waals surface area contributed by atoms with Crippen LogP contribution in [-0.4, -0.2) is 29.5 Å². The van der Waals surface area contributed by atoms with Gasteiger partial charge in [0.1, 0.15) is 0 Å². The molecule has 0 fully saturated rings. The molecule has 6 nitrogen and oxygen atoms in total. The van der Waals surface area contributed by atoms with E-state index in [-0.39, 0.29) is 17.9 Å². The van der Waals surface area contributed by atoms with Crippen molar-refractivity contribution >= 4 is 15.5 Å². The molecular weight excluding hydrogens is 270 g/mol. The summed E-state index contributed by atoms with van der Waals surface area (Å²) in [7, 11) is -3.37. The number of nitrogens with zero attached hydrogens (tertiary/aromatic N) is 1. The second kappa shape index (κ2) is 6.12. The Bertz CT molecular complexity index is 538. The van der Waals surface area contributed by atoms with E-state index in [0.29, 0.717) is 5.56 Å². The Morgan fingerprint density at radius 2 is 1.79 bits per heavy atom. The molecule has 0 saturated carbocycles. The number of benzene rings is 1. The quantitative estimate of drug-likeness (QED) is 0.636. The van der Waals surface area contributed by atoms with Crippen molar-refractivity contribution in [3.8, 4) is 0 Å². The van der Waals surface area contributed by atoms with Gasteiger partial charge in [-0.05, 0) is 24.1 Å². The summed E-state index contributed by atoms with van der Waals surface area (Å²) in [6.45, 7) is 3.22. The third-order valence-electron chi connectivity index (χ3n) is 3.06. The minimum absolute atomic E-state index is 0.0461. The predicted molar refractivity (Wildman–Crippen MR) is 71.6 cm³/mol. The lowest BCUT2D eigenvalue weighted by atomic mass is 10.0. The summed E-state index contributed by atoms with van der Waals surface area (Å²) in [4.78, 5) is 9.98. The molecule has 0 amide bonds. The number of hydrogen-bond acceptors (Lipinski definition) is 5. The molecule has 1 N–H and O–H groups in total. The summed E-state index contributed by atoms with van der Waals surface area (Å²) in [6.07, 6.45) is -0.885. The van der Waals surface area contributed by atoms with Gasteiger partial charge in [-0.1, -0.05) is 13.8 Å². The Morgan fingerprint density at radius 1 is 1.26 bits per heavy atom. The molecule has 1 rings (SSSR count). The zero-order chi connectivity index (χ0) is 14.6. The van der Waals surface area contributed by atoms with Crippen LogP contribution in [0.5, 0.6) is 0 Å². The van der Waals surface area contributed by atoms with Gasteiger partial charge in [-0.2, -0.15) is 0 Å². The Kier molecular flexibility index (Phi) is 5.02. The predicted octanol–water partition coefficient (Wildman–Crippen LogP) is 1.84. The van der Waals surface area contributed by atoms with Crippen LogP contribution in [0.1, 0.15) is 31.9 Å². The standard InChI is InChI=1S/C12H17NO5S/c1-3-11(19(17,18)4-2)12(14)9-5-7-10(8-6-9)13(15)16/h5-8,11-12,14H,3-4H2,1-2H3/t11-,12-/m0/s1. The molecule has 1 aromatic carbocycles. The van der Waals surface area contributed by atoms with Gasteiger partial charge in [0.2, 0.25) is 0 Å². The highest BCUT2D eigenvalue weighted by Gasteiger charge is 2.30. The number of nitro groups is 1. The fraction of sp³-hybridized carbons (Fsp3) is 0.500. The van der Waals surface area contributed by atoms with E-state index in [0.717, 1.165) is 0 Å². The lowest BCUT2D eigenvalue weighted by Crippen LogP contribution is -2.29. The number of nitro benzene ring substituents is 1. The number of aliphatic hydroxyl groups is 1. The molecule has 0 aliphatic rings. The Morgan fingerprint density at radius 3 is 2.16 bits per heavy atom. The molecule has 1 aromatic rings. The SMILES string of the molecule is CC[C@@H]([C@@H](O)c1ccc([N+](=O)[O-])cc1)S(=O)(=O)CC. The molecule has 0 aromatic heterocycles. The highest BCUT2D eigenvalue weighted by atomic mass is 32.2. The Hall–Kier alpha value is -1.47. The topological polar surface area (TPSA) is 97.5 Å². The first-order valence-corrected chi connectivity index (χ1v) is 7.69. The van der Waals surface area contributed by atoms with Gasteiger partial charge in [0.25, 0.3) is 5.69 Å². The van der Waals surface area contributed by atoms with Crippen molar-refractivity contribution in [1.29, 1.82) is 0 Å². The largest absolute Gasteiger partial charge is 0.387 e. The maximum Gasteiger partial charge on any atom is 0.269 e. The zero-order valence-electron chi connectivity index (χ0n) is 10.8. The molecule has 19 heavy (non-hydrogen) atoms. The van der Waals surface area contributed by atoms with E-state index >= 15 is 0 Å². The summed E-state index contributed by atoms with van der Waals surface area (Å²) >= 11 is 0. The highest BCUT2D eigenvalue weighted by Crippen LogP contribution is 2.26. The van der Waals surface area contributed by atoms with E-state index < -0.39 is 26.1 Å². The average Bonchev–Trinajstić information content (AvgIpc) is 2.39. The number of hydrogen-bond donors (Lipinski definition) is 1. The average molecular weight is 287 g/mol. The van der Waals surface area contributed by atoms with Gasteiger partial charge in [-0.25, -0.2) is 8.42 Å². The van der Waals surface area contributed by atoms with Gasteiger partial charge < -0.3 is 5.11 Å². The van der Waals surface area contributed by atoms with Gasteiger partial charge >= 0.3 is 0 Å². The molecule has 0 heterocycles. The van der Waals surface area contributed by atoms with Crippen LogP contribution in [0.15, 0.2) is 24.3 Å². The third-order valence-corrected chi connectivity index (χ3v) is 5.38. The molecule has 7 heteroatoms. The molecule has 2 atom stereocenters. The fourth-order valence-corrected chi connectivity index (χ4v) is 3.38. The number of sulfone groups is 1. The Balaban J connectivity index is 3.04. The Labute approximate surface area is 112 Å². The van der Waals surface area contributed by atoms with Crippen molar-refractivity contribution in [3.05, 3.63) is 39.9 Å². The minimum atomic E-state index is -3.37. The number of rotatable bonds is 6. The summed E-state index contributed by atoms with van der Waals surface area (Å²) in [5.41, 5.74) is 0.275. The molecule has 0 radical (unpaired) electrons. The van der Waals surface area contributed by atoms with Gasteiger partial charge in [0.15, 0.2) is 9.84 Å². The maximum atomic E-state index is 11.9. The highest BCUT2D eigenvalue weighted by molar-refractivity contribution is 7.92. The number of non-ortho nitro benzene ring substituents is 1. The molecule has 0 spiro atoms. The second-order valence-electron chi connectivity index (χ2n) is 4.19. The van der Waals surface area contributed by atoms with Crippen LogP contribution in [0.3, 0.4) is 0 Å². The molecule has 0 aliphatic carbocycles. The molecule has 106 valence electrons. The van der Waals surface area contributed by atoms with Gasteiger partial charge in [-0.3, -0.25) is 10.1 Å². The van der Waals surface area contributed by atoms with E-state index in [1.54, 1.807) is 6.92 Å². The smallest absolute Gasteiger partial charge is 0.269 e. The van der Waals surface area contributed by atoms with E-state index in [2.05, 4.69) is 0 Å². The zero-order valence-corrected chi connectivity index (χ0v) is 11.6. The maximum absolute atomic E-state index is 11.9. The minimum Gasteiger partial charge on any atom is -0.387 e. The fourth-order valence-electron chi connectivity index (χ4n) is 1.90. The van der Waals surface area contributed by atoms with Crippen LogP contribution in [-0.2, 0) is 9.84 Å². The van der Waals surface area contributed by atoms with Crippen molar-refractivity contribution in [2.24, 2.45) is 0 Å². The molecule has 0 aliphatic heterocycles. The van der Waals surface area contributed by atoms with Crippen molar-refractivity contribution in [3.63, 3.8) is 0 Å². The van der Waals surface area contributed by atoms with Gasteiger partial charge in [-0.15, -0.1) is 0 Å². The first-order chi connectivity index (χ1) is 8.83. The van der Waals surface area contributed by atoms with Crippen molar-refractivity contribution in [1.82, 2.24) is 0 Å². The first-order valence-electron chi connectivity index (χ1n) is 5.97. The molecule has 0 bridgehead atoms. The lowest BCUT2D eigenvalue weighted by Gasteiger charge is -2.21. The van der Waals surface area contributed by atoms with Crippen LogP contribution in [0.2, 0.25) is 0 Å².